The molecule has 5 heteroatoms. The maximum absolute atomic E-state index is 13.3. The number of aryl methyl sites for hydroxylation is 1. The maximum atomic E-state index is 13.3. The van der Waals surface area contributed by atoms with Crippen molar-refractivity contribution < 1.29 is 14.0 Å². The van der Waals surface area contributed by atoms with Crippen molar-refractivity contribution in [3.05, 3.63) is 59.4 Å². The van der Waals surface area contributed by atoms with Gasteiger partial charge >= 0.3 is 0 Å². The minimum atomic E-state index is -0.406. The van der Waals surface area contributed by atoms with E-state index < -0.39 is 5.82 Å². The van der Waals surface area contributed by atoms with Crippen LogP contribution in [-0.4, -0.2) is 11.8 Å². The summed E-state index contributed by atoms with van der Waals surface area (Å²) >= 11 is 0. The zero-order valence-corrected chi connectivity index (χ0v) is 12.7. The molecule has 0 aromatic heterocycles. The van der Waals surface area contributed by atoms with Gasteiger partial charge in [0.2, 0.25) is 5.91 Å². The number of carbonyl (C=O) groups excluding carboxylic acids is 2. The molecule has 0 spiro atoms. The molecule has 0 radical (unpaired) electrons. The summed E-state index contributed by atoms with van der Waals surface area (Å²) in [7, 11) is 0. The second kappa shape index (κ2) is 6.20. The van der Waals surface area contributed by atoms with Gasteiger partial charge in [0.15, 0.2) is 0 Å². The Labute approximate surface area is 133 Å². The van der Waals surface area contributed by atoms with Gasteiger partial charge in [-0.25, -0.2) is 4.39 Å². The van der Waals surface area contributed by atoms with E-state index in [1.165, 1.54) is 12.1 Å². The van der Waals surface area contributed by atoms with Crippen molar-refractivity contribution >= 4 is 23.2 Å². The van der Waals surface area contributed by atoms with Crippen LogP contribution in [0.25, 0.3) is 0 Å². The quantitative estimate of drug-likeness (QED) is 0.903. The highest BCUT2D eigenvalue weighted by Crippen LogP contribution is 2.30. The van der Waals surface area contributed by atoms with Crippen LogP contribution in [0.4, 0.5) is 15.8 Å². The smallest absolute Gasteiger partial charge is 0.255 e. The van der Waals surface area contributed by atoms with Crippen molar-refractivity contribution in [3.63, 3.8) is 0 Å². The van der Waals surface area contributed by atoms with Crippen molar-refractivity contribution in [1.82, 2.24) is 0 Å². The summed E-state index contributed by atoms with van der Waals surface area (Å²) in [4.78, 5) is 24.1. The lowest BCUT2D eigenvalue weighted by Crippen LogP contribution is -2.15. The minimum absolute atomic E-state index is 0.0106. The normalized spacial score (nSPS) is 13.5. The van der Waals surface area contributed by atoms with Gasteiger partial charge in [-0.3, -0.25) is 9.59 Å². The van der Waals surface area contributed by atoms with E-state index in [0.717, 1.165) is 18.4 Å². The lowest BCUT2D eigenvalue weighted by atomic mass is 10.1. The van der Waals surface area contributed by atoms with Crippen LogP contribution in [0.3, 0.4) is 0 Å². The van der Waals surface area contributed by atoms with Gasteiger partial charge in [0, 0.05) is 22.9 Å². The molecule has 3 rings (SSSR count). The van der Waals surface area contributed by atoms with Crippen LogP contribution in [-0.2, 0) is 4.79 Å². The highest BCUT2D eigenvalue weighted by molar-refractivity contribution is 6.05. The van der Waals surface area contributed by atoms with Crippen molar-refractivity contribution in [2.24, 2.45) is 5.92 Å². The second-order valence-corrected chi connectivity index (χ2v) is 5.76. The van der Waals surface area contributed by atoms with E-state index in [-0.39, 0.29) is 17.7 Å². The number of hydrogen-bond acceptors (Lipinski definition) is 2. The molecule has 1 aliphatic carbocycles. The molecule has 0 aliphatic heterocycles. The van der Waals surface area contributed by atoms with Gasteiger partial charge in [0.1, 0.15) is 5.82 Å². The molecule has 1 saturated carbocycles. The Bertz CT molecular complexity index is 769. The molecule has 0 heterocycles. The van der Waals surface area contributed by atoms with Gasteiger partial charge in [-0.15, -0.1) is 0 Å². The van der Waals surface area contributed by atoms with Crippen molar-refractivity contribution in [1.29, 1.82) is 0 Å². The fourth-order valence-corrected chi connectivity index (χ4v) is 2.25. The molecule has 23 heavy (non-hydrogen) atoms. The summed E-state index contributed by atoms with van der Waals surface area (Å²) in [6.07, 6.45) is 1.84. The summed E-state index contributed by atoms with van der Waals surface area (Å²) in [5, 5.41) is 5.50. The van der Waals surface area contributed by atoms with Gasteiger partial charge in [-0.05, 0) is 55.7 Å². The van der Waals surface area contributed by atoms with Crippen LogP contribution in [0, 0.1) is 18.7 Å². The number of anilines is 2. The van der Waals surface area contributed by atoms with Gasteiger partial charge in [-0.1, -0.05) is 12.1 Å². The molecule has 118 valence electrons. The Morgan fingerprint density at radius 2 is 1.87 bits per heavy atom. The largest absolute Gasteiger partial charge is 0.326 e. The second-order valence-electron chi connectivity index (χ2n) is 5.76. The lowest BCUT2D eigenvalue weighted by molar-refractivity contribution is -0.117. The Morgan fingerprint density at radius 3 is 2.61 bits per heavy atom. The number of amides is 2. The van der Waals surface area contributed by atoms with Crippen LogP contribution in [0.5, 0.6) is 0 Å². The predicted octanol–water partition coefficient (Wildman–Crippen LogP) is 3.73. The molecule has 0 bridgehead atoms. The highest BCUT2D eigenvalue weighted by Gasteiger charge is 2.29. The summed E-state index contributed by atoms with van der Waals surface area (Å²) in [5.74, 6) is -0.663. The predicted molar refractivity (Wildman–Crippen MR) is 86.9 cm³/mol. The van der Waals surface area contributed by atoms with E-state index >= 15 is 0 Å². The number of rotatable bonds is 4. The fraction of sp³-hybridized carbons (Fsp3) is 0.222. The molecule has 1 fully saturated rings. The first-order chi connectivity index (χ1) is 11.0. The number of carbonyl (C=O) groups is 2. The Morgan fingerprint density at radius 1 is 1.09 bits per heavy atom. The van der Waals surface area contributed by atoms with E-state index in [2.05, 4.69) is 10.6 Å². The summed E-state index contributed by atoms with van der Waals surface area (Å²) in [5.41, 5.74) is 2.20. The lowest BCUT2D eigenvalue weighted by Gasteiger charge is -2.10. The monoisotopic (exact) mass is 312 g/mol. The molecule has 0 atom stereocenters. The van der Waals surface area contributed by atoms with Crippen LogP contribution in [0.1, 0.15) is 28.8 Å². The minimum Gasteiger partial charge on any atom is -0.326 e. The molecule has 1 aliphatic rings. The maximum Gasteiger partial charge on any atom is 0.255 e. The Kier molecular flexibility index (Phi) is 4.10. The number of nitrogens with one attached hydrogen (secondary N) is 2. The molecule has 2 aromatic carbocycles. The molecule has 2 aromatic rings. The van der Waals surface area contributed by atoms with Crippen LogP contribution < -0.4 is 10.6 Å². The van der Waals surface area contributed by atoms with E-state index in [9.17, 15) is 14.0 Å². The van der Waals surface area contributed by atoms with Crippen molar-refractivity contribution in [2.75, 3.05) is 10.6 Å². The van der Waals surface area contributed by atoms with Gasteiger partial charge in [-0.2, -0.15) is 0 Å². The molecule has 2 amide bonds. The number of benzene rings is 2. The highest BCUT2D eigenvalue weighted by atomic mass is 19.1. The van der Waals surface area contributed by atoms with Crippen LogP contribution in [0.15, 0.2) is 42.5 Å². The van der Waals surface area contributed by atoms with Gasteiger partial charge < -0.3 is 10.6 Å². The van der Waals surface area contributed by atoms with Gasteiger partial charge in [0.05, 0.1) is 0 Å². The molecular weight excluding hydrogens is 295 g/mol. The molecule has 0 saturated heterocycles. The van der Waals surface area contributed by atoms with Crippen molar-refractivity contribution in [3.8, 4) is 0 Å². The first-order valence-corrected chi connectivity index (χ1v) is 7.51. The standard InChI is InChI=1S/C18H17FN2O2/c1-11-5-8-14(19)10-16(11)21-18(23)13-3-2-4-15(9-13)20-17(22)12-6-7-12/h2-5,8-10,12H,6-7H2,1H3,(H,20,22)(H,21,23). The van der Waals surface area contributed by atoms with E-state index in [1.807, 2.05) is 0 Å². The third-order valence-corrected chi connectivity index (χ3v) is 3.79. The topological polar surface area (TPSA) is 58.2 Å². The Hall–Kier alpha value is -2.69. The van der Waals surface area contributed by atoms with Crippen LogP contribution >= 0.6 is 0 Å². The third kappa shape index (κ3) is 3.74. The van der Waals surface area contributed by atoms with Crippen molar-refractivity contribution in [2.45, 2.75) is 19.8 Å². The third-order valence-electron chi connectivity index (χ3n) is 3.79. The zero-order chi connectivity index (χ0) is 16.4. The van der Waals surface area contributed by atoms with E-state index in [0.29, 0.717) is 16.9 Å². The SMILES string of the molecule is Cc1ccc(F)cc1NC(=O)c1cccc(NC(=O)C2CC2)c1. The first kappa shape index (κ1) is 15.2. The summed E-state index contributed by atoms with van der Waals surface area (Å²) in [6, 6.07) is 10.9. The average Bonchev–Trinajstić information content (AvgIpc) is 3.36. The van der Waals surface area contributed by atoms with E-state index in [1.54, 1.807) is 37.3 Å². The molecule has 2 N–H and O–H groups in total. The van der Waals surface area contributed by atoms with Crippen LogP contribution in [0.2, 0.25) is 0 Å². The van der Waals surface area contributed by atoms with E-state index in [4.69, 9.17) is 0 Å². The summed E-state index contributed by atoms with van der Waals surface area (Å²) in [6.45, 7) is 1.79. The number of hydrogen-bond donors (Lipinski definition) is 2. The zero-order valence-electron chi connectivity index (χ0n) is 12.7. The summed E-state index contributed by atoms with van der Waals surface area (Å²) < 4.78 is 13.3. The first-order valence-electron chi connectivity index (χ1n) is 7.51. The Balaban J connectivity index is 1.74. The number of halogens is 1. The molecule has 0 unspecified atom stereocenters. The average molecular weight is 312 g/mol. The van der Waals surface area contributed by atoms with Gasteiger partial charge in [0.25, 0.3) is 5.91 Å². The molecular formula is C18H17FN2O2. The molecule has 4 nitrogen and oxygen atoms in total. The fourth-order valence-electron chi connectivity index (χ4n) is 2.25.